The van der Waals surface area contributed by atoms with Gasteiger partial charge in [0.1, 0.15) is 5.82 Å². The topological polar surface area (TPSA) is 43.8 Å². The van der Waals surface area contributed by atoms with Crippen molar-refractivity contribution < 1.29 is 14.3 Å². The highest BCUT2D eigenvalue weighted by Crippen LogP contribution is 2.49. The molecule has 1 N–H and O–H groups in total. The van der Waals surface area contributed by atoms with Gasteiger partial charge in [-0.15, -0.1) is 0 Å². The van der Waals surface area contributed by atoms with E-state index in [2.05, 4.69) is 4.90 Å². The molecule has 0 spiro atoms. The van der Waals surface area contributed by atoms with Crippen LogP contribution in [0.2, 0.25) is 0 Å². The second-order valence-corrected chi connectivity index (χ2v) is 6.45. The molecule has 1 heterocycles. The minimum absolute atomic E-state index is 0.0455. The lowest BCUT2D eigenvalue weighted by Gasteiger charge is -2.35. The molecule has 0 radical (unpaired) electrons. The quantitative estimate of drug-likeness (QED) is 0.916. The number of rotatable bonds is 4. The zero-order chi connectivity index (χ0) is 15.7. The van der Waals surface area contributed by atoms with Crippen LogP contribution in [0.1, 0.15) is 24.8 Å². The van der Waals surface area contributed by atoms with Gasteiger partial charge in [-0.2, -0.15) is 0 Å². The standard InChI is InChI=1S/C17H23FN2O2/c1-12(21)11-19-6-8-20(9-7-19)17(22)15-10-14(15)13-4-2-3-5-16(13)18/h2-5,12,14-15,21H,6-11H2,1H3/t12-,14+,15-/m0/s1. The van der Waals surface area contributed by atoms with E-state index < -0.39 is 0 Å². The van der Waals surface area contributed by atoms with Crippen molar-refractivity contribution in [3.8, 4) is 0 Å². The average molecular weight is 306 g/mol. The first-order chi connectivity index (χ1) is 10.6. The summed E-state index contributed by atoms with van der Waals surface area (Å²) in [7, 11) is 0. The highest BCUT2D eigenvalue weighted by atomic mass is 19.1. The van der Waals surface area contributed by atoms with Gasteiger partial charge in [0.25, 0.3) is 0 Å². The highest BCUT2D eigenvalue weighted by molar-refractivity contribution is 5.83. The normalized spacial score (nSPS) is 26.8. The predicted octanol–water partition coefficient (Wildman–Crippen LogP) is 1.45. The molecule has 1 aromatic rings. The van der Waals surface area contributed by atoms with Crippen molar-refractivity contribution in [2.24, 2.45) is 5.92 Å². The van der Waals surface area contributed by atoms with Crippen LogP contribution in [0.4, 0.5) is 4.39 Å². The number of aliphatic hydroxyl groups excluding tert-OH is 1. The Kier molecular flexibility index (Phi) is 4.45. The number of carbonyl (C=O) groups excluding carboxylic acids is 1. The van der Waals surface area contributed by atoms with Gasteiger partial charge in [0.05, 0.1) is 6.10 Å². The smallest absolute Gasteiger partial charge is 0.226 e. The van der Waals surface area contributed by atoms with Gasteiger partial charge >= 0.3 is 0 Å². The van der Waals surface area contributed by atoms with Crippen LogP contribution in [-0.4, -0.2) is 59.6 Å². The lowest BCUT2D eigenvalue weighted by Crippen LogP contribution is -2.50. The van der Waals surface area contributed by atoms with Crippen LogP contribution in [-0.2, 0) is 4.79 Å². The van der Waals surface area contributed by atoms with Crippen LogP contribution in [0.25, 0.3) is 0 Å². The van der Waals surface area contributed by atoms with Crippen LogP contribution in [0.3, 0.4) is 0 Å². The Morgan fingerprint density at radius 3 is 2.64 bits per heavy atom. The molecule has 5 heteroatoms. The maximum Gasteiger partial charge on any atom is 0.226 e. The third-order valence-corrected chi connectivity index (χ3v) is 4.62. The summed E-state index contributed by atoms with van der Waals surface area (Å²) in [6, 6.07) is 6.75. The largest absolute Gasteiger partial charge is 0.392 e. The van der Waals surface area contributed by atoms with Crippen molar-refractivity contribution in [1.82, 2.24) is 9.80 Å². The van der Waals surface area contributed by atoms with E-state index in [0.717, 1.165) is 19.5 Å². The fraction of sp³-hybridized carbons (Fsp3) is 0.588. The van der Waals surface area contributed by atoms with Gasteiger partial charge in [-0.05, 0) is 30.9 Å². The van der Waals surface area contributed by atoms with Crippen molar-refractivity contribution in [2.75, 3.05) is 32.7 Å². The van der Waals surface area contributed by atoms with E-state index in [1.165, 1.54) is 6.07 Å². The number of amides is 1. The lowest BCUT2D eigenvalue weighted by atomic mass is 10.1. The molecule has 0 aromatic heterocycles. The lowest BCUT2D eigenvalue weighted by molar-refractivity contribution is -0.134. The molecular weight excluding hydrogens is 283 g/mol. The zero-order valence-electron chi connectivity index (χ0n) is 12.9. The van der Waals surface area contributed by atoms with E-state index in [-0.39, 0.29) is 29.7 Å². The van der Waals surface area contributed by atoms with Gasteiger partial charge < -0.3 is 10.0 Å². The fourth-order valence-electron chi connectivity index (χ4n) is 3.35. The highest BCUT2D eigenvalue weighted by Gasteiger charge is 2.47. The van der Waals surface area contributed by atoms with E-state index in [1.807, 2.05) is 11.0 Å². The number of piperazine rings is 1. The van der Waals surface area contributed by atoms with E-state index in [1.54, 1.807) is 19.1 Å². The van der Waals surface area contributed by atoms with Crippen molar-refractivity contribution in [2.45, 2.75) is 25.4 Å². The Balaban J connectivity index is 1.53. The first-order valence-corrected chi connectivity index (χ1v) is 8.00. The molecule has 2 fully saturated rings. The number of halogens is 1. The average Bonchev–Trinajstić information content (AvgIpc) is 3.27. The number of hydrogen-bond donors (Lipinski definition) is 1. The molecule has 1 saturated heterocycles. The van der Waals surface area contributed by atoms with Gasteiger partial charge in [0.2, 0.25) is 5.91 Å². The summed E-state index contributed by atoms with van der Waals surface area (Å²) in [5, 5.41) is 9.41. The second-order valence-electron chi connectivity index (χ2n) is 6.45. The number of carbonyl (C=O) groups is 1. The Labute approximate surface area is 130 Å². The Morgan fingerprint density at radius 2 is 2.00 bits per heavy atom. The van der Waals surface area contributed by atoms with E-state index >= 15 is 0 Å². The van der Waals surface area contributed by atoms with Gasteiger partial charge in [0, 0.05) is 38.6 Å². The van der Waals surface area contributed by atoms with Gasteiger partial charge in [-0.25, -0.2) is 4.39 Å². The summed E-state index contributed by atoms with van der Waals surface area (Å²) < 4.78 is 13.8. The van der Waals surface area contributed by atoms with Crippen molar-refractivity contribution in [3.63, 3.8) is 0 Å². The monoisotopic (exact) mass is 306 g/mol. The van der Waals surface area contributed by atoms with Crippen LogP contribution < -0.4 is 0 Å². The maximum absolute atomic E-state index is 13.8. The van der Waals surface area contributed by atoms with E-state index in [9.17, 15) is 14.3 Å². The molecule has 4 nitrogen and oxygen atoms in total. The molecule has 1 aromatic carbocycles. The number of hydrogen-bond acceptors (Lipinski definition) is 3. The van der Waals surface area contributed by atoms with Crippen LogP contribution in [0.5, 0.6) is 0 Å². The number of aliphatic hydroxyl groups is 1. The first-order valence-electron chi connectivity index (χ1n) is 8.00. The van der Waals surface area contributed by atoms with Gasteiger partial charge in [0.15, 0.2) is 0 Å². The summed E-state index contributed by atoms with van der Waals surface area (Å²) in [4.78, 5) is 16.6. The van der Waals surface area contributed by atoms with Gasteiger partial charge in [-0.3, -0.25) is 9.69 Å². The molecule has 0 bridgehead atoms. The van der Waals surface area contributed by atoms with E-state index in [0.29, 0.717) is 25.2 Å². The second kappa shape index (κ2) is 6.34. The van der Waals surface area contributed by atoms with Crippen molar-refractivity contribution >= 4 is 5.91 Å². The minimum Gasteiger partial charge on any atom is -0.392 e. The SMILES string of the molecule is C[C@H](O)CN1CCN(C(=O)[C@H]2C[C@@H]2c2ccccc2F)CC1. The maximum atomic E-state index is 13.8. The molecule has 0 unspecified atom stereocenters. The van der Waals surface area contributed by atoms with Crippen molar-refractivity contribution in [3.05, 3.63) is 35.6 Å². The molecule has 1 aliphatic heterocycles. The Morgan fingerprint density at radius 1 is 1.32 bits per heavy atom. The minimum atomic E-state index is -0.337. The zero-order valence-corrected chi connectivity index (χ0v) is 12.9. The summed E-state index contributed by atoms with van der Waals surface area (Å²) in [5.74, 6) is -0.0566. The summed E-state index contributed by atoms with van der Waals surface area (Å²) in [6.45, 7) is 5.43. The third-order valence-electron chi connectivity index (χ3n) is 4.62. The summed E-state index contributed by atoms with van der Waals surface area (Å²) in [5.41, 5.74) is 0.675. The molecule has 2 aliphatic rings. The van der Waals surface area contributed by atoms with Gasteiger partial charge in [-0.1, -0.05) is 18.2 Å². The Hall–Kier alpha value is -1.46. The molecule has 1 saturated carbocycles. The van der Waals surface area contributed by atoms with E-state index in [4.69, 9.17) is 0 Å². The molecule has 1 aliphatic carbocycles. The third kappa shape index (κ3) is 3.31. The van der Waals surface area contributed by atoms with Crippen LogP contribution in [0.15, 0.2) is 24.3 Å². The number of benzene rings is 1. The van der Waals surface area contributed by atoms with Crippen LogP contribution in [0, 0.1) is 11.7 Å². The molecule has 120 valence electrons. The molecular formula is C17H23FN2O2. The summed E-state index contributed by atoms with van der Waals surface area (Å²) in [6.07, 6.45) is 0.421. The van der Waals surface area contributed by atoms with Crippen molar-refractivity contribution in [1.29, 1.82) is 0 Å². The fourth-order valence-corrected chi connectivity index (χ4v) is 3.35. The van der Waals surface area contributed by atoms with Crippen LogP contribution >= 0.6 is 0 Å². The molecule has 1 amide bonds. The summed E-state index contributed by atoms with van der Waals surface area (Å²) >= 11 is 0. The Bertz CT molecular complexity index is 541. The molecule has 3 rings (SSSR count). The number of β-amino-alcohol motifs (C(OH)–C–C–N with tert-alkyl or cyclic N) is 1. The first kappa shape index (κ1) is 15.4. The molecule has 3 atom stereocenters. The number of nitrogens with zero attached hydrogens (tertiary/aromatic N) is 2. The molecule has 22 heavy (non-hydrogen) atoms. The predicted molar refractivity (Wildman–Crippen MR) is 81.9 cm³/mol.